The molecule has 0 N–H and O–H groups in total. The second kappa shape index (κ2) is 7.87. The Balaban J connectivity index is 0.00000106. The normalized spacial score (nSPS) is 10.8. The zero-order valence-corrected chi connectivity index (χ0v) is 12.7. The summed E-state index contributed by atoms with van der Waals surface area (Å²) in [5.74, 6) is 0. The Labute approximate surface area is 124 Å². The Morgan fingerprint density at radius 1 is 0.857 bits per heavy atom. The van der Waals surface area contributed by atoms with Gasteiger partial charge in [-0.1, -0.05) is 69.7 Å². The van der Waals surface area contributed by atoms with Gasteiger partial charge in [0.1, 0.15) is 0 Å². The lowest BCUT2D eigenvalue weighted by molar-refractivity contribution is -0.138. The molecule has 2 aromatic rings. The van der Waals surface area contributed by atoms with Crippen molar-refractivity contribution in [2.75, 3.05) is 0 Å². The van der Waals surface area contributed by atoms with Crippen LogP contribution >= 0.6 is 0 Å². The zero-order valence-electron chi connectivity index (χ0n) is 12.7. The molecule has 0 radical (unpaired) electrons. The predicted octanol–water partition coefficient (Wildman–Crippen LogP) is 6.35. The van der Waals surface area contributed by atoms with Crippen LogP contribution in [0.25, 0.3) is 11.1 Å². The Morgan fingerprint density at radius 3 is 2.00 bits per heavy atom. The van der Waals surface area contributed by atoms with Crippen LogP contribution in [0.4, 0.5) is 13.2 Å². The first-order valence-electron chi connectivity index (χ1n) is 7.28. The second-order valence-electron chi connectivity index (χ2n) is 4.49. The van der Waals surface area contributed by atoms with Crippen molar-refractivity contribution in [1.29, 1.82) is 0 Å². The fourth-order valence-corrected chi connectivity index (χ4v) is 2.16. The summed E-state index contributed by atoms with van der Waals surface area (Å²) in [5.41, 5.74) is 1.62. The summed E-state index contributed by atoms with van der Waals surface area (Å²) in [6.45, 7) is 5.88. The highest BCUT2D eigenvalue weighted by molar-refractivity contribution is 5.65. The molecule has 114 valence electrons. The maximum absolute atomic E-state index is 12.9. The average molecular weight is 294 g/mol. The van der Waals surface area contributed by atoms with Crippen LogP contribution < -0.4 is 0 Å². The van der Waals surface area contributed by atoms with Gasteiger partial charge in [-0.25, -0.2) is 0 Å². The van der Waals surface area contributed by atoms with E-state index >= 15 is 0 Å². The number of aryl methyl sites for hydroxylation is 1. The lowest BCUT2D eigenvalue weighted by Crippen LogP contribution is -2.09. The highest BCUT2D eigenvalue weighted by atomic mass is 19.4. The smallest absolute Gasteiger partial charge is 0.166 e. The minimum Gasteiger partial charge on any atom is -0.166 e. The van der Waals surface area contributed by atoms with Crippen LogP contribution in [0.2, 0.25) is 0 Å². The van der Waals surface area contributed by atoms with E-state index in [2.05, 4.69) is 0 Å². The van der Waals surface area contributed by atoms with Gasteiger partial charge in [-0.15, -0.1) is 0 Å². The Kier molecular flexibility index (Phi) is 6.47. The van der Waals surface area contributed by atoms with Crippen molar-refractivity contribution in [2.24, 2.45) is 0 Å². The largest absolute Gasteiger partial charge is 0.416 e. The van der Waals surface area contributed by atoms with Crippen LogP contribution in [0, 0.1) is 0 Å². The molecular formula is C18H21F3. The van der Waals surface area contributed by atoms with Gasteiger partial charge in [0.15, 0.2) is 0 Å². The summed E-state index contributed by atoms with van der Waals surface area (Å²) in [5, 5.41) is 0. The molecule has 0 bridgehead atoms. The van der Waals surface area contributed by atoms with E-state index in [1.54, 1.807) is 6.07 Å². The van der Waals surface area contributed by atoms with Crippen LogP contribution in [0.3, 0.4) is 0 Å². The van der Waals surface area contributed by atoms with Crippen LogP contribution in [0.1, 0.15) is 38.3 Å². The summed E-state index contributed by atoms with van der Waals surface area (Å²) in [6, 6.07) is 13.8. The topological polar surface area (TPSA) is 0 Å². The molecular weight excluding hydrogens is 273 g/mol. The molecule has 0 aliphatic heterocycles. The molecule has 0 unspecified atom stereocenters. The van der Waals surface area contributed by atoms with E-state index in [4.69, 9.17) is 0 Å². The van der Waals surface area contributed by atoms with E-state index in [1.165, 1.54) is 12.1 Å². The van der Waals surface area contributed by atoms with E-state index in [-0.39, 0.29) is 0 Å². The number of benzene rings is 2. The van der Waals surface area contributed by atoms with Crippen LogP contribution in [-0.4, -0.2) is 0 Å². The summed E-state index contributed by atoms with van der Waals surface area (Å²) in [6.07, 6.45) is -3.14. The van der Waals surface area contributed by atoms with Gasteiger partial charge in [0.2, 0.25) is 0 Å². The molecule has 2 aromatic carbocycles. The molecule has 0 aliphatic rings. The molecule has 0 aromatic heterocycles. The minimum absolute atomic E-state index is 0.372. The van der Waals surface area contributed by atoms with Crippen LogP contribution in [0.15, 0.2) is 48.5 Å². The summed E-state index contributed by atoms with van der Waals surface area (Å²) >= 11 is 0. The molecule has 0 amide bonds. The van der Waals surface area contributed by atoms with Crippen molar-refractivity contribution in [3.8, 4) is 11.1 Å². The first-order valence-corrected chi connectivity index (χ1v) is 7.28. The standard InChI is InChI=1S/C16H15F3.C2H6/c1-2-6-14-11-13(12-7-4-3-5-8-12)9-10-15(14)16(17,18)19;1-2/h3-5,7-11H,2,6H2,1H3;1-2H3. The molecule has 0 spiro atoms. The van der Waals surface area contributed by atoms with Crippen molar-refractivity contribution in [3.63, 3.8) is 0 Å². The third kappa shape index (κ3) is 4.62. The van der Waals surface area contributed by atoms with Gasteiger partial charge in [-0.05, 0) is 29.2 Å². The number of halogens is 3. The number of hydrogen-bond donors (Lipinski definition) is 0. The minimum atomic E-state index is -4.28. The first kappa shape index (κ1) is 17.3. The monoisotopic (exact) mass is 294 g/mol. The van der Waals surface area contributed by atoms with Gasteiger partial charge in [0.05, 0.1) is 5.56 Å². The summed E-state index contributed by atoms with van der Waals surface area (Å²) in [4.78, 5) is 0. The van der Waals surface area contributed by atoms with Crippen molar-refractivity contribution >= 4 is 0 Å². The second-order valence-corrected chi connectivity index (χ2v) is 4.49. The predicted molar refractivity (Wildman–Crippen MR) is 82.2 cm³/mol. The summed E-state index contributed by atoms with van der Waals surface area (Å²) < 4.78 is 38.7. The third-order valence-electron chi connectivity index (χ3n) is 3.04. The molecule has 21 heavy (non-hydrogen) atoms. The fraction of sp³-hybridized carbons (Fsp3) is 0.333. The number of hydrogen-bond acceptors (Lipinski definition) is 0. The first-order chi connectivity index (χ1) is 10.0. The van der Waals surface area contributed by atoms with E-state index in [0.29, 0.717) is 18.4 Å². The van der Waals surface area contributed by atoms with Crippen LogP contribution in [-0.2, 0) is 12.6 Å². The summed E-state index contributed by atoms with van der Waals surface area (Å²) in [7, 11) is 0. The third-order valence-corrected chi connectivity index (χ3v) is 3.04. The molecule has 0 atom stereocenters. The lowest BCUT2D eigenvalue weighted by atomic mass is 9.96. The van der Waals surface area contributed by atoms with Gasteiger partial charge in [-0.2, -0.15) is 13.2 Å². The average Bonchev–Trinajstić information content (AvgIpc) is 2.49. The quantitative estimate of drug-likeness (QED) is 0.618. The molecule has 0 fully saturated rings. The van der Waals surface area contributed by atoms with Crippen molar-refractivity contribution in [2.45, 2.75) is 39.8 Å². The zero-order chi connectivity index (χ0) is 15.9. The molecule has 3 heteroatoms. The van der Waals surface area contributed by atoms with Crippen LogP contribution in [0.5, 0.6) is 0 Å². The van der Waals surface area contributed by atoms with E-state index in [9.17, 15) is 13.2 Å². The Hall–Kier alpha value is -1.77. The van der Waals surface area contributed by atoms with Gasteiger partial charge < -0.3 is 0 Å². The highest BCUT2D eigenvalue weighted by Gasteiger charge is 2.32. The van der Waals surface area contributed by atoms with Gasteiger partial charge in [-0.3, -0.25) is 0 Å². The van der Waals surface area contributed by atoms with E-state index < -0.39 is 11.7 Å². The highest BCUT2D eigenvalue weighted by Crippen LogP contribution is 2.34. The van der Waals surface area contributed by atoms with Crippen molar-refractivity contribution < 1.29 is 13.2 Å². The Morgan fingerprint density at radius 2 is 1.48 bits per heavy atom. The Bertz CT molecular complexity index is 542. The molecule has 2 rings (SSSR count). The van der Waals surface area contributed by atoms with Crippen molar-refractivity contribution in [1.82, 2.24) is 0 Å². The molecule has 0 heterocycles. The van der Waals surface area contributed by atoms with E-state index in [0.717, 1.165) is 11.1 Å². The SMILES string of the molecule is CC.CCCc1cc(-c2ccccc2)ccc1C(F)(F)F. The molecule has 0 saturated carbocycles. The number of rotatable bonds is 3. The van der Waals surface area contributed by atoms with Gasteiger partial charge in [0.25, 0.3) is 0 Å². The lowest BCUT2D eigenvalue weighted by Gasteiger charge is -2.14. The fourth-order valence-electron chi connectivity index (χ4n) is 2.16. The number of alkyl halides is 3. The van der Waals surface area contributed by atoms with E-state index in [1.807, 2.05) is 51.1 Å². The maximum Gasteiger partial charge on any atom is 0.416 e. The maximum atomic E-state index is 12.9. The molecule has 0 aliphatic carbocycles. The van der Waals surface area contributed by atoms with Gasteiger partial charge >= 0.3 is 6.18 Å². The van der Waals surface area contributed by atoms with Gasteiger partial charge in [0, 0.05) is 0 Å². The van der Waals surface area contributed by atoms with Crippen molar-refractivity contribution in [3.05, 3.63) is 59.7 Å². The molecule has 0 nitrogen and oxygen atoms in total. The molecule has 0 saturated heterocycles.